The lowest BCUT2D eigenvalue weighted by Gasteiger charge is -2.49. The highest BCUT2D eigenvalue weighted by Gasteiger charge is 2.47. The second kappa shape index (κ2) is 3.79. The van der Waals surface area contributed by atoms with E-state index in [1.165, 1.54) is 6.42 Å². The van der Waals surface area contributed by atoms with Crippen molar-refractivity contribution in [3.8, 4) is 0 Å². The van der Waals surface area contributed by atoms with Gasteiger partial charge in [0.05, 0.1) is 5.54 Å². The van der Waals surface area contributed by atoms with Gasteiger partial charge >= 0.3 is 0 Å². The first kappa shape index (κ1) is 13.0. The lowest BCUT2D eigenvalue weighted by Crippen LogP contribution is -2.49. The maximum atomic E-state index is 6.69. The molecule has 0 unspecified atom stereocenters. The summed E-state index contributed by atoms with van der Waals surface area (Å²) in [7, 11) is 0. The first-order valence-corrected chi connectivity index (χ1v) is 7.22. The van der Waals surface area contributed by atoms with Crippen molar-refractivity contribution in [2.75, 3.05) is 0 Å². The van der Waals surface area contributed by atoms with E-state index in [1.807, 2.05) is 6.92 Å². The minimum atomic E-state index is -0.232. The first-order chi connectivity index (χ1) is 7.62. The minimum Gasteiger partial charge on any atom is -0.319 e. The Morgan fingerprint density at radius 2 is 1.65 bits per heavy atom. The smallest absolute Gasteiger partial charge is 0.113 e. The van der Waals surface area contributed by atoms with E-state index >= 15 is 0 Å². The molecule has 1 fully saturated rings. The predicted octanol–water partition coefficient (Wildman–Crippen LogP) is 3.84. The molecule has 0 bridgehead atoms. The molecule has 0 aromatic carbocycles. The van der Waals surface area contributed by atoms with Gasteiger partial charge in [-0.25, -0.2) is 4.98 Å². The Morgan fingerprint density at radius 3 is 2.06 bits per heavy atom. The van der Waals surface area contributed by atoms with E-state index in [9.17, 15) is 0 Å². The van der Waals surface area contributed by atoms with Crippen molar-refractivity contribution < 1.29 is 0 Å². The summed E-state index contributed by atoms with van der Waals surface area (Å²) in [5, 5.41) is 3.23. The number of aryl methyl sites for hydroxylation is 1. The Labute approximate surface area is 109 Å². The van der Waals surface area contributed by atoms with Crippen LogP contribution in [-0.2, 0) is 5.54 Å². The van der Waals surface area contributed by atoms with Crippen molar-refractivity contribution in [2.24, 2.45) is 16.6 Å². The second-order valence-electron chi connectivity index (χ2n) is 7.31. The zero-order chi connectivity index (χ0) is 12.9. The third kappa shape index (κ3) is 2.71. The van der Waals surface area contributed by atoms with Crippen LogP contribution in [0.2, 0.25) is 0 Å². The fourth-order valence-electron chi connectivity index (χ4n) is 3.92. The molecule has 1 aromatic rings. The van der Waals surface area contributed by atoms with E-state index in [1.54, 1.807) is 11.3 Å². The average Bonchev–Trinajstić information content (AvgIpc) is 2.44. The van der Waals surface area contributed by atoms with Crippen LogP contribution in [0.4, 0.5) is 0 Å². The quantitative estimate of drug-likeness (QED) is 0.824. The Balaban J connectivity index is 2.36. The van der Waals surface area contributed by atoms with E-state index in [-0.39, 0.29) is 5.54 Å². The normalized spacial score (nSPS) is 25.8. The molecule has 96 valence electrons. The summed E-state index contributed by atoms with van der Waals surface area (Å²) in [6, 6.07) is 0. The number of hydrogen-bond acceptors (Lipinski definition) is 3. The lowest BCUT2D eigenvalue weighted by molar-refractivity contribution is 0.0469. The van der Waals surface area contributed by atoms with Crippen LogP contribution in [0.15, 0.2) is 5.38 Å². The second-order valence-corrected chi connectivity index (χ2v) is 8.17. The molecule has 0 spiro atoms. The lowest BCUT2D eigenvalue weighted by atomic mass is 9.59. The van der Waals surface area contributed by atoms with Crippen LogP contribution in [0.3, 0.4) is 0 Å². The molecular formula is C14H24N2S. The summed E-state index contributed by atoms with van der Waals surface area (Å²) in [5.74, 6) is 0. The molecule has 1 aliphatic rings. The number of thiazole rings is 1. The van der Waals surface area contributed by atoms with Crippen molar-refractivity contribution in [1.82, 2.24) is 4.98 Å². The van der Waals surface area contributed by atoms with Gasteiger partial charge in [0.1, 0.15) is 5.01 Å². The molecule has 1 saturated carbocycles. The zero-order valence-electron chi connectivity index (χ0n) is 11.6. The van der Waals surface area contributed by atoms with Gasteiger partial charge in [-0.05, 0) is 37.0 Å². The molecule has 0 atom stereocenters. The average molecular weight is 252 g/mol. The Morgan fingerprint density at radius 1 is 1.12 bits per heavy atom. The van der Waals surface area contributed by atoms with Crippen molar-refractivity contribution in [3.05, 3.63) is 16.1 Å². The number of rotatable bonds is 1. The van der Waals surface area contributed by atoms with Gasteiger partial charge in [-0.2, -0.15) is 0 Å². The van der Waals surface area contributed by atoms with Gasteiger partial charge < -0.3 is 5.73 Å². The SMILES string of the molecule is Cc1csc(C2(N)CC(C)(C)CC(C)(C)C2)n1. The molecule has 0 radical (unpaired) electrons. The zero-order valence-corrected chi connectivity index (χ0v) is 12.4. The molecule has 0 aliphatic heterocycles. The van der Waals surface area contributed by atoms with Crippen LogP contribution in [0.25, 0.3) is 0 Å². The monoisotopic (exact) mass is 252 g/mol. The third-order valence-electron chi connectivity index (χ3n) is 3.59. The molecule has 0 saturated heterocycles. The highest BCUT2D eigenvalue weighted by Crippen LogP contribution is 2.52. The standard InChI is InChI=1S/C14H24N2S/c1-10-6-17-11(16-10)14(15)8-12(2,3)7-13(4,5)9-14/h6H,7-9,15H2,1-5H3. The molecule has 2 nitrogen and oxygen atoms in total. The van der Waals surface area contributed by atoms with Gasteiger partial charge in [0, 0.05) is 11.1 Å². The van der Waals surface area contributed by atoms with Crippen molar-refractivity contribution in [1.29, 1.82) is 0 Å². The largest absolute Gasteiger partial charge is 0.319 e. The summed E-state index contributed by atoms with van der Waals surface area (Å²) in [5.41, 5.74) is 8.16. The van der Waals surface area contributed by atoms with Gasteiger partial charge in [0.15, 0.2) is 0 Å². The molecular weight excluding hydrogens is 228 g/mol. The summed E-state index contributed by atoms with van der Waals surface area (Å²) >= 11 is 1.72. The summed E-state index contributed by atoms with van der Waals surface area (Å²) in [6.07, 6.45) is 3.32. The van der Waals surface area contributed by atoms with E-state index in [4.69, 9.17) is 5.73 Å². The molecule has 17 heavy (non-hydrogen) atoms. The Kier molecular flexibility index (Phi) is 2.91. The molecule has 0 amide bonds. The number of nitrogens with zero attached hydrogens (tertiary/aromatic N) is 1. The molecule has 1 heterocycles. The maximum Gasteiger partial charge on any atom is 0.113 e. The number of nitrogens with two attached hydrogens (primary N) is 1. The molecule has 2 N–H and O–H groups in total. The highest BCUT2D eigenvalue weighted by atomic mass is 32.1. The molecule has 3 heteroatoms. The van der Waals surface area contributed by atoms with Crippen LogP contribution in [0, 0.1) is 17.8 Å². The van der Waals surface area contributed by atoms with Crippen LogP contribution in [0.1, 0.15) is 57.7 Å². The molecule has 1 aromatic heterocycles. The van der Waals surface area contributed by atoms with E-state index < -0.39 is 0 Å². The summed E-state index contributed by atoms with van der Waals surface area (Å²) in [6.45, 7) is 11.4. The van der Waals surface area contributed by atoms with Gasteiger partial charge in [-0.3, -0.25) is 0 Å². The van der Waals surface area contributed by atoms with Crippen molar-refractivity contribution >= 4 is 11.3 Å². The van der Waals surface area contributed by atoms with Gasteiger partial charge in [-0.15, -0.1) is 11.3 Å². The van der Waals surface area contributed by atoms with E-state index in [0.29, 0.717) is 10.8 Å². The Hall–Kier alpha value is -0.410. The van der Waals surface area contributed by atoms with Crippen LogP contribution in [-0.4, -0.2) is 4.98 Å². The topological polar surface area (TPSA) is 38.9 Å². The predicted molar refractivity (Wildman–Crippen MR) is 74.1 cm³/mol. The molecule has 2 rings (SSSR count). The van der Waals surface area contributed by atoms with Crippen LogP contribution in [0.5, 0.6) is 0 Å². The highest BCUT2D eigenvalue weighted by molar-refractivity contribution is 7.09. The summed E-state index contributed by atoms with van der Waals surface area (Å²) < 4.78 is 0. The first-order valence-electron chi connectivity index (χ1n) is 6.34. The van der Waals surface area contributed by atoms with E-state index in [0.717, 1.165) is 23.5 Å². The number of hydrogen-bond donors (Lipinski definition) is 1. The maximum absolute atomic E-state index is 6.69. The fourth-order valence-corrected chi connectivity index (χ4v) is 4.84. The van der Waals surface area contributed by atoms with Crippen molar-refractivity contribution in [3.63, 3.8) is 0 Å². The number of aromatic nitrogens is 1. The summed E-state index contributed by atoms with van der Waals surface area (Å²) in [4.78, 5) is 4.63. The van der Waals surface area contributed by atoms with Crippen LogP contribution < -0.4 is 5.73 Å². The van der Waals surface area contributed by atoms with Crippen LogP contribution >= 0.6 is 11.3 Å². The van der Waals surface area contributed by atoms with Gasteiger partial charge in [0.25, 0.3) is 0 Å². The van der Waals surface area contributed by atoms with Gasteiger partial charge in [-0.1, -0.05) is 27.7 Å². The van der Waals surface area contributed by atoms with Gasteiger partial charge in [0.2, 0.25) is 0 Å². The fraction of sp³-hybridized carbons (Fsp3) is 0.786. The Bertz CT molecular complexity index is 402. The van der Waals surface area contributed by atoms with E-state index in [2.05, 4.69) is 38.1 Å². The molecule has 1 aliphatic carbocycles. The minimum absolute atomic E-state index is 0.232. The van der Waals surface area contributed by atoms with Crippen molar-refractivity contribution in [2.45, 2.75) is 59.4 Å². The third-order valence-corrected chi connectivity index (χ3v) is 4.77.